The van der Waals surface area contributed by atoms with Gasteiger partial charge < -0.3 is 29.8 Å². The fraction of sp³-hybridized carbons (Fsp3) is 0.348. The zero-order chi connectivity index (χ0) is 40.3. The van der Waals surface area contributed by atoms with Crippen molar-refractivity contribution < 1.29 is 19.2 Å². The van der Waals surface area contributed by atoms with E-state index in [1.165, 1.54) is 12.5 Å². The van der Waals surface area contributed by atoms with Crippen LogP contribution < -0.4 is 15.1 Å². The average molecular weight is 770 g/mol. The SMILES string of the molecule is CC(=O)Nc1ccc(/C=C/C(=O)N(Cc2ccc(N3CCN(C(C)=O)CC3)cc2)[C@@H](Cc2ccccc2)C(=O)N2CCN(Cc3ccc(N(C)C)cc3)CC2)cc1. The predicted octanol–water partition coefficient (Wildman–Crippen LogP) is 5.38. The Balaban J connectivity index is 1.23. The van der Waals surface area contributed by atoms with E-state index in [-0.39, 0.29) is 30.2 Å². The van der Waals surface area contributed by atoms with E-state index in [2.05, 4.69) is 56.4 Å². The molecule has 0 aliphatic carbocycles. The highest BCUT2D eigenvalue weighted by Crippen LogP contribution is 2.23. The summed E-state index contributed by atoms with van der Waals surface area (Å²) in [6, 6.07) is 33.2. The Labute approximate surface area is 337 Å². The van der Waals surface area contributed by atoms with Gasteiger partial charge in [0.05, 0.1) is 0 Å². The van der Waals surface area contributed by atoms with Crippen LogP contribution in [-0.4, -0.2) is 116 Å². The van der Waals surface area contributed by atoms with Crippen LogP contribution in [0, 0.1) is 0 Å². The monoisotopic (exact) mass is 769 g/mol. The van der Waals surface area contributed by atoms with Gasteiger partial charge in [-0.2, -0.15) is 0 Å². The maximum Gasteiger partial charge on any atom is 0.247 e. The molecule has 4 aromatic carbocycles. The fourth-order valence-corrected chi connectivity index (χ4v) is 7.44. The lowest BCUT2D eigenvalue weighted by Gasteiger charge is -2.39. The molecule has 57 heavy (non-hydrogen) atoms. The summed E-state index contributed by atoms with van der Waals surface area (Å²) < 4.78 is 0. The number of amides is 4. The van der Waals surface area contributed by atoms with Gasteiger partial charge in [-0.15, -0.1) is 0 Å². The molecule has 0 saturated carbocycles. The molecular formula is C46H55N7O4. The van der Waals surface area contributed by atoms with Crippen molar-refractivity contribution in [3.05, 3.63) is 131 Å². The second-order valence-corrected chi connectivity index (χ2v) is 15.1. The second-order valence-electron chi connectivity index (χ2n) is 15.1. The third kappa shape index (κ3) is 11.3. The molecule has 0 bridgehead atoms. The summed E-state index contributed by atoms with van der Waals surface area (Å²) in [5.74, 6) is -0.383. The Kier molecular flexibility index (Phi) is 13.8. The number of hydrogen-bond acceptors (Lipinski definition) is 7. The molecule has 11 nitrogen and oxygen atoms in total. The second kappa shape index (κ2) is 19.3. The molecule has 2 fully saturated rings. The summed E-state index contributed by atoms with van der Waals surface area (Å²) in [6.45, 7) is 9.63. The first kappa shape index (κ1) is 40.7. The molecule has 0 spiro atoms. The summed E-state index contributed by atoms with van der Waals surface area (Å²) >= 11 is 0. The molecule has 0 radical (unpaired) electrons. The van der Waals surface area contributed by atoms with E-state index in [9.17, 15) is 19.2 Å². The van der Waals surface area contributed by atoms with Crippen LogP contribution in [0.1, 0.15) is 36.1 Å². The summed E-state index contributed by atoms with van der Waals surface area (Å²) in [5, 5.41) is 2.77. The van der Waals surface area contributed by atoms with Crippen molar-refractivity contribution in [1.82, 2.24) is 19.6 Å². The first-order chi connectivity index (χ1) is 27.5. The lowest BCUT2D eigenvalue weighted by atomic mass is 10.0. The lowest BCUT2D eigenvalue weighted by molar-refractivity contribution is -0.145. The van der Waals surface area contributed by atoms with Gasteiger partial charge in [0.15, 0.2) is 0 Å². The number of piperazine rings is 2. The topological polar surface area (TPSA) is 99.7 Å². The molecule has 1 N–H and O–H groups in total. The molecule has 6 rings (SSSR count). The van der Waals surface area contributed by atoms with Gasteiger partial charge in [0.2, 0.25) is 23.6 Å². The van der Waals surface area contributed by atoms with Crippen LogP contribution in [0.5, 0.6) is 0 Å². The minimum atomic E-state index is -0.740. The van der Waals surface area contributed by atoms with Gasteiger partial charge in [-0.1, -0.05) is 66.7 Å². The average Bonchev–Trinajstić information content (AvgIpc) is 3.22. The minimum Gasteiger partial charge on any atom is -0.378 e. The van der Waals surface area contributed by atoms with E-state index in [1.54, 1.807) is 36.1 Å². The highest BCUT2D eigenvalue weighted by atomic mass is 16.2. The molecule has 2 aliphatic rings. The van der Waals surface area contributed by atoms with Gasteiger partial charge in [-0.05, 0) is 64.7 Å². The number of hydrogen-bond donors (Lipinski definition) is 1. The number of rotatable bonds is 13. The van der Waals surface area contributed by atoms with E-state index < -0.39 is 6.04 Å². The van der Waals surface area contributed by atoms with Crippen molar-refractivity contribution in [3.63, 3.8) is 0 Å². The maximum absolute atomic E-state index is 14.8. The van der Waals surface area contributed by atoms with Crippen molar-refractivity contribution >= 4 is 46.8 Å². The number of carbonyl (C=O) groups is 4. The van der Waals surface area contributed by atoms with E-state index in [1.807, 2.05) is 78.5 Å². The van der Waals surface area contributed by atoms with E-state index in [0.717, 1.165) is 60.8 Å². The molecular weight excluding hydrogens is 715 g/mol. The Morgan fingerprint density at radius 3 is 1.89 bits per heavy atom. The standard InChI is InChI=1S/C46H55N7O4/c1-35(54)47-41-17-10-37(11-18-41)16-23-45(56)53(34-40-14-21-43(22-15-40)51-30-28-50(29-31-51)36(2)55)44(32-38-8-6-5-7-9-38)46(57)52-26-24-49(25-27-52)33-39-12-19-42(20-13-39)48(3)4/h5-23,44H,24-34H2,1-4H3,(H,47,54)/b23-16+/t44-/m0/s1. The van der Waals surface area contributed by atoms with Crippen LogP contribution >= 0.6 is 0 Å². The van der Waals surface area contributed by atoms with Gasteiger partial charge in [0, 0.05) is 123 Å². The number of benzene rings is 4. The maximum atomic E-state index is 14.8. The smallest absolute Gasteiger partial charge is 0.247 e. The Morgan fingerprint density at radius 1 is 0.684 bits per heavy atom. The third-order valence-corrected chi connectivity index (χ3v) is 10.8. The molecule has 298 valence electrons. The Bertz CT molecular complexity index is 1980. The summed E-state index contributed by atoms with van der Waals surface area (Å²) in [4.78, 5) is 64.8. The lowest BCUT2D eigenvalue weighted by Crippen LogP contribution is -2.56. The largest absolute Gasteiger partial charge is 0.378 e. The quantitative estimate of drug-likeness (QED) is 0.183. The number of nitrogens with zero attached hydrogens (tertiary/aromatic N) is 6. The van der Waals surface area contributed by atoms with Crippen molar-refractivity contribution in [3.8, 4) is 0 Å². The normalized spacial score (nSPS) is 15.3. The predicted molar refractivity (Wildman–Crippen MR) is 228 cm³/mol. The molecule has 2 heterocycles. The molecule has 2 saturated heterocycles. The summed E-state index contributed by atoms with van der Waals surface area (Å²) in [5.41, 5.74) is 6.82. The van der Waals surface area contributed by atoms with E-state index in [4.69, 9.17) is 0 Å². The van der Waals surface area contributed by atoms with Crippen molar-refractivity contribution in [2.75, 3.05) is 81.6 Å². The van der Waals surface area contributed by atoms with Gasteiger partial charge in [-0.25, -0.2) is 0 Å². The third-order valence-electron chi connectivity index (χ3n) is 10.8. The van der Waals surface area contributed by atoms with Crippen LogP contribution in [0.25, 0.3) is 6.08 Å². The van der Waals surface area contributed by atoms with Crippen LogP contribution in [0.3, 0.4) is 0 Å². The van der Waals surface area contributed by atoms with Gasteiger partial charge in [0.25, 0.3) is 0 Å². The van der Waals surface area contributed by atoms with Crippen molar-refractivity contribution in [2.45, 2.75) is 39.4 Å². The van der Waals surface area contributed by atoms with Crippen LogP contribution in [-0.2, 0) is 38.7 Å². The summed E-state index contributed by atoms with van der Waals surface area (Å²) in [6.07, 6.45) is 3.67. The molecule has 0 aromatic heterocycles. The molecule has 11 heteroatoms. The van der Waals surface area contributed by atoms with Crippen LogP contribution in [0.15, 0.2) is 109 Å². The molecule has 0 unspecified atom stereocenters. The summed E-state index contributed by atoms with van der Waals surface area (Å²) in [7, 11) is 4.07. The first-order valence-corrected chi connectivity index (χ1v) is 19.8. The number of anilines is 3. The van der Waals surface area contributed by atoms with Crippen LogP contribution in [0.2, 0.25) is 0 Å². The zero-order valence-corrected chi connectivity index (χ0v) is 33.6. The molecule has 4 amide bonds. The molecule has 1 atom stereocenters. The van der Waals surface area contributed by atoms with Crippen molar-refractivity contribution in [2.24, 2.45) is 0 Å². The molecule has 4 aromatic rings. The van der Waals surface area contributed by atoms with Gasteiger partial charge in [0.1, 0.15) is 6.04 Å². The Hall–Kier alpha value is -5.94. The molecule has 2 aliphatic heterocycles. The Morgan fingerprint density at radius 2 is 1.30 bits per heavy atom. The van der Waals surface area contributed by atoms with Gasteiger partial charge in [-0.3, -0.25) is 24.1 Å². The van der Waals surface area contributed by atoms with Gasteiger partial charge >= 0.3 is 0 Å². The number of carbonyl (C=O) groups excluding carboxylic acids is 4. The number of nitrogens with one attached hydrogen (secondary N) is 1. The van der Waals surface area contributed by atoms with Crippen molar-refractivity contribution in [1.29, 1.82) is 0 Å². The first-order valence-electron chi connectivity index (χ1n) is 19.8. The van der Waals surface area contributed by atoms with E-state index in [0.29, 0.717) is 38.3 Å². The van der Waals surface area contributed by atoms with Crippen LogP contribution in [0.4, 0.5) is 17.1 Å². The highest BCUT2D eigenvalue weighted by Gasteiger charge is 2.34. The fourth-order valence-electron chi connectivity index (χ4n) is 7.44. The minimum absolute atomic E-state index is 0.0600. The van der Waals surface area contributed by atoms with E-state index >= 15 is 0 Å². The zero-order valence-electron chi connectivity index (χ0n) is 33.6. The highest BCUT2D eigenvalue weighted by molar-refractivity contribution is 5.96.